The fourth-order valence-electron chi connectivity index (χ4n) is 4.78. The van der Waals surface area contributed by atoms with Gasteiger partial charge in [-0.15, -0.1) is 0 Å². The van der Waals surface area contributed by atoms with Crippen LogP contribution in [0.25, 0.3) is 0 Å². The van der Waals surface area contributed by atoms with Crippen molar-refractivity contribution in [3.63, 3.8) is 0 Å². The normalized spacial score (nSPS) is 13.6. The summed E-state index contributed by atoms with van der Waals surface area (Å²) in [6, 6.07) is 25.0. The molecule has 3 heterocycles. The Kier molecular flexibility index (Phi) is 9.42. The molecule has 8 heteroatoms. The van der Waals surface area contributed by atoms with Gasteiger partial charge >= 0.3 is 0 Å². The monoisotopic (exact) mass is 568 g/mol. The van der Waals surface area contributed by atoms with Gasteiger partial charge in [-0.3, -0.25) is 14.8 Å². The summed E-state index contributed by atoms with van der Waals surface area (Å²) in [5.74, 6) is 2.55. The van der Waals surface area contributed by atoms with Gasteiger partial charge in [0.05, 0.1) is 0 Å². The zero-order valence-electron chi connectivity index (χ0n) is 22.5. The molecule has 0 spiro atoms. The number of ether oxygens (including phenoxy) is 1. The number of likely N-dealkylation sites (tertiary alicyclic amines) is 1. The second-order valence-corrected chi connectivity index (χ2v) is 11.5. The summed E-state index contributed by atoms with van der Waals surface area (Å²) < 4.78 is 6.86. The predicted molar refractivity (Wildman–Crippen MR) is 165 cm³/mol. The highest BCUT2D eigenvalue weighted by atomic mass is 32.2. The maximum Gasteiger partial charge on any atom is 0.254 e. The molecule has 1 fully saturated rings. The van der Waals surface area contributed by atoms with Crippen LogP contribution < -0.4 is 4.74 Å². The minimum atomic E-state index is -0.0533. The molecule has 0 radical (unpaired) electrons. The molecule has 0 N–H and O–H groups in total. The van der Waals surface area contributed by atoms with Crippen molar-refractivity contribution in [1.29, 1.82) is 0 Å². The fourth-order valence-corrected chi connectivity index (χ4v) is 5.96. The number of pyridine rings is 2. The van der Waals surface area contributed by atoms with Crippen LogP contribution in [0.1, 0.15) is 45.9 Å². The number of benzene rings is 2. The van der Waals surface area contributed by atoms with Crippen molar-refractivity contribution in [3.05, 3.63) is 120 Å². The van der Waals surface area contributed by atoms with E-state index in [1.54, 1.807) is 28.9 Å². The number of hydrogen-bond acceptors (Lipinski definition) is 6. The third kappa shape index (κ3) is 7.46. The Morgan fingerprint density at radius 3 is 2.55 bits per heavy atom. The average molecular weight is 569 g/mol. The Hall–Kier alpha value is -3.75. The van der Waals surface area contributed by atoms with Gasteiger partial charge in [-0.05, 0) is 72.5 Å². The summed E-state index contributed by atoms with van der Waals surface area (Å²) in [5.41, 5.74) is 3.94. The van der Waals surface area contributed by atoms with E-state index in [1.165, 1.54) is 5.56 Å². The number of carbonyl (C=O) groups excluding carboxylic acids is 1. The maximum atomic E-state index is 13.2. The van der Waals surface area contributed by atoms with E-state index in [9.17, 15) is 4.79 Å². The minimum Gasteiger partial charge on any atom is -0.457 e. The van der Waals surface area contributed by atoms with Crippen LogP contribution in [0, 0.1) is 0 Å². The van der Waals surface area contributed by atoms with E-state index in [-0.39, 0.29) is 5.91 Å². The van der Waals surface area contributed by atoms with Gasteiger partial charge in [0.2, 0.25) is 0 Å². The molecule has 2 aromatic carbocycles. The molecule has 1 aliphatic heterocycles. The zero-order chi connectivity index (χ0) is 27.7. The largest absolute Gasteiger partial charge is 0.457 e. The van der Waals surface area contributed by atoms with E-state index in [0.29, 0.717) is 23.8 Å². The van der Waals surface area contributed by atoms with Gasteiger partial charge in [-0.1, -0.05) is 54.3 Å². The molecule has 5 rings (SSSR count). The van der Waals surface area contributed by atoms with Crippen LogP contribution in [0.5, 0.6) is 11.5 Å². The number of para-hydroxylation sites is 1. The molecule has 204 valence electrons. The van der Waals surface area contributed by atoms with Gasteiger partial charge in [0, 0.05) is 68.2 Å². The van der Waals surface area contributed by atoms with E-state index < -0.39 is 0 Å². The first kappa shape index (κ1) is 27.8. The lowest BCUT2D eigenvalue weighted by molar-refractivity contribution is 0.0784. The van der Waals surface area contributed by atoms with E-state index in [4.69, 9.17) is 17.0 Å². The quantitative estimate of drug-likeness (QED) is 0.213. The summed E-state index contributed by atoms with van der Waals surface area (Å²) in [7, 11) is 1.83. The van der Waals surface area contributed by atoms with Crippen molar-refractivity contribution in [2.45, 2.75) is 31.1 Å². The lowest BCUT2D eigenvalue weighted by atomic mass is 9.92. The molecule has 1 saturated heterocycles. The first-order valence-corrected chi connectivity index (χ1v) is 14.8. The second kappa shape index (κ2) is 13.5. The van der Waals surface area contributed by atoms with Crippen molar-refractivity contribution in [2.75, 3.05) is 20.1 Å². The number of amides is 1. The van der Waals surface area contributed by atoms with Crippen molar-refractivity contribution in [3.8, 4) is 11.5 Å². The molecule has 0 aliphatic carbocycles. The molecule has 4 aromatic rings. The Labute approximate surface area is 245 Å². The van der Waals surface area contributed by atoms with Gasteiger partial charge in [0.25, 0.3) is 5.91 Å². The zero-order valence-corrected chi connectivity index (χ0v) is 24.1. The highest BCUT2D eigenvalue weighted by Crippen LogP contribution is 2.30. The van der Waals surface area contributed by atoms with Crippen LogP contribution in [0.2, 0.25) is 0 Å². The third-order valence-electron chi connectivity index (χ3n) is 6.93. The second-order valence-electron chi connectivity index (χ2n) is 9.87. The number of rotatable bonds is 8. The molecule has 0 bridgehead atoms. The van der Waals surface area contributed by atoms with Gasteiger partial charge in [-0.25, -0.2) is 0 Å². The SMILES string of the molecule is CN(Cc1ccnc(C2CCN(C(=S)SCc3cccnc3)CC2)c1)C(=O)c1cccc(Oc2ccccc2)c1. The number of thioether (sulfide) groups is 1. The Balaban J connectivity index is 1.14. The summed E-state index contributed by atoms with van der Waals surface area (Å²) in [5, 5.41) is 0. The van der Waals surface area contributed by atoms with Crippen LogP contribution in [-0.4, -0.2) is 50.1 Å². The number of thiocarbonyl (C=S) groups is 1. The molecule has 40 heavy (non-hydrogen) atoms. The summed E-state index contributed by atoms with van der Waals surface area (Å²) in [6.07, 6.45) is 7.55. The van der Waals surface area contributed by atoms with Crippen molar-refractivity contribution < 1.29 is 9.53 Å². The molecule has 2 aromatic heterocycles. The highest BCUT2D eigenvalue weighted by Gasteiger charge is 2.24. The van der Waals surface area contributed by atoms with E-state index >= 15 is 0 Å². The first-order valence-electron chi connectivity index (χ1n) is 13.4. The van der Waals surface area contributed by atoms with Crippen LogP contribution in [0.3, 0.4) is 0 Å². The van der Waals surface area contributed by atoms with E-state index in [2.05, 4.69) is 27.0 Å². The van der Waals surface area contributed by atoms with Crippen molar-refractivity contribution in [2.24, 2.45) is 0 Å². The summed E-state index contributed by atoms with van der Waals surface area (Å²) in [6.45, 7) is 2.36. The topological polar surface area (TPSA) is 58.6 Å². The van der Waals surface area contributed by atoms with Crippen LogP contribution in [0.15, 0.2) is 97.5 Å². The van der Waals surface area contributed by atoms with Crippen LogP contribution in [0.4, 0.5) is 0 Å². The highest BCUT2D eigenvalue weighted by molar-refractivity contribution is 8.22. The minimum absolute atomic E-state index is 0.0533. The predicted octanol–water partition coefficient (Wildman–Crippen LogP) is 6.94. The van der Waals surface area contributed by atoms with Crippen molar-refractivity contribution >= 4 is 34.2 Å². The number of nitrogens with zero attached hydrogens (tertiary/aromatic N) is 4. The molecular weight excluding hydrogens is 537 g/mol. The average Bonchev–Trinajstić information content (AvgIpc) is 3.01. The van der Waals surface area contributed by atoms with Gasteiger partial charge < -0.3 is 14.5 Å². The smallest absolute Gasteiger partial charge is 0.254 e. The lowest BCUT2D eigenvalue weighted by Crippen LogP contribution is -2.35. The third-order valence-corrected chi connectivity index (χ3v) is 8.52. The summed E-state index contributed by atoms with van der Waals surface area (Å²) in [4.78, 5) is 26.1. The number of aromatic nitrogens is 2. The Bertz CT molecular complexity index is 1430. The van der Waals surface area contributed by atoms with Crippen molar-refractivity contribution in [1.82, 2.24) is 19.8 Å². The number of hydrogen-bond donors (Lipinski definition) is 0. The fraction of sp³-hybridized carbons (Fsp3) is 0.250. The number of carbonyl (C=O) groups is 1. The van der Waals surface area contributed by atoms with E-state index in [0.717, 1.165) is 53.0 Å². The molecule has 1 aliphatic rings. The molecule has 0 unspecified atom stereocenters. The molecule has 1 amide bonds. The lowest BCUT2D eigenvalue weighted by Gasteiger charge is -2.33. The summed E-state index contributed by atoms with van der Waals surface area (Å²) >= 11 is 7.41. The molecular formula is C32H32N4O2S2. The van der Waals surface area contributed by atoms with Gasteiger partial charge in [0.15, 0.2) is 0 Å². The Morgan fingerprint density at radius 2 is 1.77 bits per heavy atom. The van der Waals surface area contributed by atoms with E-state index in [1.807, 2.05) is 80.1 Å². The van der Waals surface area contributed by atoms with Gasteiger partial charge in [0.1, 0.15) is 15.8 Å². The molecule has 6 nitrogen and oxygen atoms in total. The molecule has 0 atom stereocenters. The van der Waals surface area contributed by atoms with Crippen LogP contribution in [-0.2, 0) is 12.3 Å². The first-order chi connectivity index (χ1) is 19.5. The maximum absolute atomic E-state index is 13.2. The molecule has 0 saturated carbocycles. The number of piperidine rings is 1. The van der Waals surface area contributed by atoms with Crippen LogP contribution >= 0.6 is 24.0 Å². The standard InChI is InChI=1S/C32H32N4O2S2/c1-35(31(37)27-8-5-11-29(20-27)38-28-9-3-2-4-10-28)22-24-12-16-34-30(19-24)26-13-17-36(18-14-26)32(39)40-23-25-7-6-15-33-21-25/h2-12,15-16,19-21,26H,13-14,17-18,22-23H2,1H3. The van der Waals surface area contributed by atoms with Gasteiger partial charge in [-0.2, -0.15) is 0 Å². The Morgan fingerprint density at radius 1 is 0.975 bits per heavy atom.